The lowest BCUT2D eigenvalue weighted by molar-refractivity contribution is -0.136. The topological polar surface area (TPSA) is 59.0 Å². The van der Waals surface area contributed by atoms with Crippen LogP contribution in [0.4, 0.5) is 0 Å². The zero-order valence-corrected chi connectivity index (χ0v) is 12.5. The van der Waals surface area contributed by atoms with E-state index < -0.39 is 0 Å². The van der Waals surface area contributed by atoms with E-state index in [2.05, 4.69) is 0 Å². The highest BCUT2D eigenvalue weighted by molar-refractivity contribution is 5.77. The standard InChI is InChI=1S/C16H23NO4/c1-13-2-4-14(5-3-13)21-12-16(19)17-8-6-15(7-9-17)20-11-10-18/h2-5,15,18H,6-12H2,1H3. The molecule has 116 valence electrons. The Morgan fingerprint density at radius 2 is 1.95 bits per heavy atom. The Bertz CT molecular complexity index is 438. The average Bonchev–Trinajstić information content (AvgIpc) is 2.52. The Balaban J connectivity index is 1.71. The number of nitrogens with zero attached hydrogens (tertiary/aromatic N) is 1. The number of rotatable bonds is 6. The van der Waals surface area contributed by atoms with Gasteiger partial charge in [-0.25, -0.2) is 0 Å². The number of amides is 1. The minimum atomic E-state index is 0.0104. The van der Waals surface area contributed by atoms with Crippen molar-refractivity contribution in [1.82, 2.24) is 4.90 Å². The van der Waals surface area contributed by atoms with Gasteiger partial charge in [0.05, 0.1) is 19.3 Å². The molecule has 0 aliphatic carbocycles. The fourth-order valence-corrected chi connectivity index (χ4v) is 2.36. The molecule has 1 heterocycles. The molecule has 0 aromatic heterocycles. The number of hydrogen-bond donors (Lipinski definition) is 1. The van der Waals surface area contributed by atoms with Crippen LogP contribution in [0.25, 0.3) is 0 Å². The minimum Gasteiger partial charge on any atom is -0.484 e. The molecule has 1 saturated heterocycles. The first-order valence-electron chi connectivity index (χ1n) is 7.39. The predicted molar refractivity (Wildman–Crippen MR) is 79.3 cm³/mol. The molecule has 1 amide bonds. The molecule has 2 rings (SSSR count). The van der Waals surface area contributed by atoms with Crippen molar-refractivity contribution in [2.24, 2.45) is 0 Å². The number of ether oxygens (including phenoxy) is 2. The molecule has 0 saturated carbocycles. The van der Waals surface area contributed by atoms with Gasteiger partial charge in [-0.3, -0.25) is 4.79 Å². The predicted octanol–water partition coefficient (Wildman–Crippen LogP) is 1.37. The van der Waals surface area contributed by atoms with Gasteiger partial charge in [-0.2, -0.15) is 0 Å². The number of aliphatic hydroxyl groups excluding tert-OH is 1. The van der Waals surface area contributed by atoms with Crippen LogP contribution in [0.5, 0.6) is 5.75 Å². The van der Waals surface area contributed by atoms with Crippen molar-refractivity contribution in [3.8, 4) is 5.75 Å². The summed E-state index contributed by atoms with van der Waals surface area (Å²) in [5.41, 5.74) is 1.17. The summed E-state index contributed by atoms with van der Waals surface area (Å²) in [6.45, 7) is 3.88. The van der Waals surface area contributed by atoms with Crippen LogP contribution in [0, 0.1) is 6.92 Å². The highest BCUT2D eigenvalue weighted by atomic mass is 16.5. The summed E-state index contributed by atoms with van der Waals surface area (Å²) in [6, 6.07) is 7.67. The van der Waals surface area contributed by atoms with Crippen molar-refractivity contribution in [3.05, 3.63) is 29.8 Å². The van der Waals surface area contributed by atoms with Crippen LogP contribution in [-0.4, -0.2) is 54.9 Å². The van der Waals surface area contributed by atoms with Crippen molar-refractivity contribution in [2.75, 3.05) is 32.9 Å². The first-order chi connectivity index (χ1) is 10.2. The van der Waals surface area contributed by atoms with Crippen molar-refractivity contribution in [2.45, 2.75) is 25.9 Å². The van der Waals surface area contributed by atoms with Gasteiger partial charge in [0.15, 0.2) is 6.61 Å². The summed E-state index contributed by atoms with van der Waals surface area (Å²) in [6.07, 6.45) is 1.78. The normalized spacial score (nSPS) is 16.0. The summed E-state index contributed by atoms with van der Waals surface area (Å²) in [5.74, 6) is 0.728. The maximum absolute atomic E-state index is 12.1. The number of aliphatic hydroxyl groups is 1. The molecule has 1 aliphatic heterocycles. The van der Waals surface area contributed by atoms with Crippen LogP contribution in [-0.2, 0) is 9.53 Å². The fraction of sp³-hybridized carbons (Fsp3) is 0.562. The van der Waals surface area contributed by atoms with E-state index in [1.165, 1.54) is 5.56 Å². The van der Waals surface area contributed by atoms with Crippen molar-refractivity contribution in [1.29, 1.82) is 0 Å². The fourth-order valence-electron chi connectivity index (χ4n) is 2.36. The zero-order valence-electron chi connectivity index (χ0n) is 12.5. The third-order valence-electron chi connectivity index (χ3n) is 3.62. The lowest BCUT2D eigenvalue weighted by Gasteiger charge is -2.31. The first kappa shape index (κ1) is 15.8. The van der Waals surface area contributed by atoms with Gasteiger partial charge in [0.2, 0.25) is 0 Å². The van der Waals surface area contributed by atoms with E-state index >= 15 is 0 Å². The smallest absolute Gasteiger partial charge is 0.260 e. The SMILES string of the molecule is Cc1ccc(OCC(=O)N2CCC(OCCO)CC2)cc1. The van der Waals surface area contributed by atoms with E-state index in [9.17, 15) is 4.79 Å². The molecule has 0 unspecified atom stereocenters. The number of aryl methyl sites for hydroxylation is 1. The summed E-state index contributed by atoms with van der Waals surface area (Å²) >= 11 is 0. The Kier molecular flexibility index (Phi) is 6.02. The highest BCUT2D eigenvalue weighted by Gasteiger charge is 2.23. The van der Waals surface area contributed by atoms with Crippen LogP contribution in [0.3, 0.4) is 0 Å². The summed E-state index contributed by atoms with van der Waals surface area (Å²) in [4.78, 5) is 13.9. The molecule has 1 fully saturated rings. The monoisotopic (exact) mass is 293 g/mol. The van der Waals surface area contributed by atoms with Crippen LogP contribution in [0.1, 0.15) is 18.4 Å². The summed E-state index contributed by atoms with van der Waals surface area (Å²) in [7, 11) is 0. The number of carbonyl (C=O) groups is 1. The van der Waals surface area contributed by atoms with Gasteiger partial charge in [-0.05, 0) is 31.9 Å². The molecule has 1 N–H and O–H groups in total. The van der Waals surface area contributed by atoms with Crippen LogP contribution in [0.2, 0.25) is 0 Å². The molecule has 0 bridgehead atoms. The molecule has 21 heavy (non-hydrogen) atoms. The van der Waals surface area contributed by atoms with E-state index in [1.807, 2.05) is 36.1 Å². The van der Waals surface area contributed by atoms with Crippen molar-refractivity contribution in [3.63, 3.8) is 0 Å². The maximum atomic E-state index is 12.1. The molecule has 0 atom stereocenters. The molecule has 1 aliphatic rings. The van der Waals surface area contributed by atoms with Crippen LogP contribution < -0.4 is 4.74 Å². The lowest BCUT2D eigenvalue weighted by Crippen LogP contribution is -2.43. The van der Waals surface area contributed by atoms with Crippen molar-refractivity contribution >= 4 is 5.91 Å². The van der Waals surface area contributed by atoms with Crippen molar-refractivity contribution < 1.29 is 19.4 Å². The Morgan fingerprint density at radius 1 is 1.29 bits per heavy atom. The van der Waals surface area contributed by atoms with E-state index in [0.717, 1.165) is 18.6 Å². The number of carbonyl (C=O) groups excluding carboxylic acids is 1. The maximum Gasteiger partial charge on any atom is 0.260 e. The van der Waals surface area contributed by atoms with Gasteiger partial charge in [-0.15, -0.1) is 0 Å². The number of hydrogen-bond acceptors (Lipinski definition) is 4. The second-order valence-electron chi connectivity index (χ2n) is 5.28. The summed E-state index contributed by atoms with van der Waals surface area (Å²) in [5, 5.41) is 8.73. The van der Waals surface area contributed by atoms with Crippen LogP contribution >= 0.6 is 0 Å². The number of piperidine rings is 1. The van der Waals surface area contributed by atoms with Gasteiger partial charge in [0.1, 0.15) is 5.75 Å². The molecule has 1 aromatic rings. The molecular weight excluding hydrogens is 270 g/mol. The van der Waals surface area contributed by atoms with E-state index in [-0.39, 0.29) is 25.2 Å². The van der Waals surface area contributed by atoms with Gasteiger partial charge < -0.3 is 19.5 Å². The number of likely N-dealkylation sites (tertiary alicyclic amines) is 1. The third-order valence-corrected chi connectivity index (χ3v) is 3.62. The Labute approximate surface area is 125 Å². The summed E-state index contributed by atoms with van der Waals surface area (Å²) < 4.78 is 11.0. The number of benzene rings is 1. The van der Waals surface area contributed by atoms with Crippen LogP contribution in [0.15, 0.2) is 24.3 Å². The van der Waals surface area contributed by atoms with E-state index in [1.54, 1.807) is 0 Å². The van der Waals surface area contributed by atoms with Gasteiger partial charge in [-0.1, -0.05) is 17.7 Å². The molecule has 5 nitrogen and oxygen atoms in total. The quantitative estimate of drug-likeness (QED) is 0.860. The molecule has 1 aromatic carbocycles. The van der Waals surface area contributed by atoms with Gasteiger partial charge in [0, 0.05) is 13.1 Å². The second-order valence-corrected chi connectivity index (χ2v) is 5.28. The van der Waals surface area contributed by atoms with E-state index in [4.69, 9.17) is 14.6 Å². The highest BCUT2D eigenvalue weighted by Crippen LogP contribution is 2.15. The average molecular weight is 293 g/mol. The van der Waals surface area contributed by atoms with Gasteiger partial charge in [0.25, 0.3) is 5.91 Å². The minimum absolute atomic E-state index is 0.0104. The molecule has 0 radical (unpaired) electrons. The third kappa shape index (κ3) is 5.02. The Morgan fingerprint density at radius 3 is 2.57 bits per heavy atom. The zero-order chi connectivity index (χ0) is 15.1. The Hall–Kier alpha value is -1.59. The molecular formula is C16H23NO4. The lowest BCUT2D eigenvalue weighted by atomic mass is 10.1. The van der Waals surface area contributed by atoms with Gasteiger partial charge >= 0.3 is 0 Å². The largest absolute Gasteiger partial charge is 0.484 e. The second kappa shape index (κ2) is 8.00. The molecule has 0 spiro atoms. The first-order valence-corrected chi connectivity index (χ1v) is 7.39. The molecule has 5 heteroatoms. The van der Waals surface area contributed by atoms with E-state index in [0.29, 0.717) is 19.7 Å².